The molecule has 1 nitrogen and oxygen atoms in total. The van der Waals surface area contributed by atoms with Crippen LogP contribution in [0.15, 0.2) is 36.4 Å². The summed E-state index contributed by atoms with van der Waals surface area (Å²) in [5, 5.41) is 0. The first kappa shape index (κ1) is 11.8. The molecule has 0 aliphatic carbocycles. The fourth-order valence-corrected chi connectivity index (χ4v) is 1.54. The summed E-state index contributed by atoms with van der Waals surface area (Å²) in [7, 11) is 1.71. The van der Waals surface area contributed by atoms with Gasteiger partial charge in [-0.15, -0.1) is 0 Å². The molecule has 0 amide bonds. The lowest BCUT2D eigenvalue weighted by Gasteiger charge is -2.03. The van der Waals surface area contributed by atoms with Crippen LogP contribution in [0, 0.1) is 0 Å². The number of ether oxygens (including phenoxy) is 1. The predicted octanol–water partition coefficient (Wildman–Crippen LogP) is 3.98. The van der Waals surface area contributed by atoms with Gasteiger partial charge in [-0.2, -0.15) is 0 Å². The van der Waals surface area contributed by atoms with E-state index in [-0.39, 0.29) is 0 Å². The van der Waals surface area contributed by atoms with Crippen LogP contribution in [0.25, 0.3) is 0 Å². The Bertz CT molecular complexity index is 302. The molecular weight excluding hydrogens is 184 g/mol. The van der Waals surface area contributed by atoms with Gasteiger partial charge in [-0.1, -0.05) is 31.2 Å². The maximum absolute atomic E-state index is 5.19. The summed E-state index contributed by atoms with van der Waals surface area (Å²) in [6.07, 6.45) is 9.14. The van der Waals surface area contributed by atoms with Gasteiger partial charge in [-0.25, -0.2) is 0 Å². The standard InChI is InChI=1S/C14H20O/c1-3-4-5-6-7-9-13-10-8-11-14(12-13)15-2/h4-5,8,10-12H,3,6-7,9H2,1-2H3. The van der Waals surface area contributed by atoms with Crippen molar-refractivity contribution in [2.24, 2.45) is 0 Å². The molecule has 15 heavy (non-hydrogen) atoms. The van der Waals surface area contributed by atoms with Gasteiger partial charge in [0.15, 0.2) is 0 Å². The molecule has 82 valence electrons. The van der Waals surface area contributed by atoms with E-state index in [0.29, 0.717) is 0 Å². The molecule has 1 aromatic carbocycles. The van der Waals surface area contributed by atoms with E-state index in [1.807, 2.05) is 6.07 Å². The molecule has 0 N–H and O–H groups in total. The maximum Gasteiger partial charge on any atom is 0.119 e. The van der Waals surface area contributed by atoms with Crippen LogP contribution in [0.5, 0.6) is 5.75 Å². The fourth-order valence-electron chi connectivity index (χ4n) is 1.54. The van der Waals surface area contributed by atoms with Crippen LogP contribution in [-0.4, -0.2) is 7.11 Å². The number of aryl methyl sites for hydroxylation is 1. The van der Waals surface area contributed by atoms with Crippen molar-refractivity contribution in [1.29, 1.82) is 0 Å². The van der Waals surface area contributed by atoms with E-state index in [4.69, 9.17) is 4.74 Å². The Hall–Kier alpha value is -1.24. The third-order valence-electron chi connectivity index (χ3n) is 2.37. The van der Waals surface area contributed by atoms with Crippen molar-refractivity contribution in [2.75, 3.05) is 7.11 Å². The average Bonchev–Trinajstić information content (AvgIpc) is 2.29. The molecule has 0 aliphatic rings. The van der Waals surface area contributed by atoms with Crippen molar-refractivity contribution in [3.8, 4) is 5.75 Å². The number of allylic oxidation sites excluding steroid dienone is 2. The Kier molecular flexibility index (Phi) is 5.60. The normalized spacial score (nSPS) is 10.8. The van der Waals surface area contributed by atoms with Crippen molar-refractivity contribution in [2.45, 2.75) is 32.6 Å². The molecule has 0 aromatic heterocycles. The first-order valence-electron chi connectivity index (χ1n) is 5.64. The van der Waals surface area contributed by atoms with E-state index in [9.17, 15) is 0 Å². The number of rotatable bonds is 6. The molecule has 0 spiro atoms. The van der Waals surface area contributed by atoms with Crippen LogP contribution in [0.1, 0.15) is 31.7 Å². The van der Waals surface area contributed by atoms with Crippen molar-refractivity contribution in [3.63, 3.8) is 0 Å². The summed E-state index contributed by atoms with van der Waals surface area (Å²) in [6.45, 7) is 2.17. The SMILES string of the molecule is CCC=CCCCc1cccc(OC)c1. The van der Waals surface area contributed by atoms with Gasteiger partial charge in [-0.3, -0.25) is 0 Å². The van der Waals surface area contributed by atoms with Gasteiger partial charge >= 0.3 is 0 Å². The van der Waals surface area contributed by atoms with Crippen molar-refractivity contribution in [1.82, 2.24) is 0 Å². The Labute approximate surface area is 92.8 Å². The molecule has 0 aliphatic heterocycles. The summed E-state index contributed by atoms with van der Waals surface area (Å²) in [5.41, 5.74) is 1.36. The second kappa shape index (κ2) is 7.10. The van der Waals surface area contributed by atoms with E-state index in [1.54, 1.807) is 7.11 Å². The Morgan fingerprint density at radius 2 is 2.13 bits per heavy atom. The lowest BCUT2D eigenvalue weighted by molar-refractivity contribution is 0.414. The summed E-state index contributed by atoms with van der Waals surface area (Å²) in [5.74, 6) is 0.955. The molecule has 0 atom stereocenters. The summed E-state index contributed by atoms with van der Waals surface area (Å²) in [4.78, 5) is 0. The summed E-state index contributed by atoms with van der Waals surface area (Å²) < 4.78 is 5.19. The lowest BCUT2D eigenvalue weighted by Crippen LogP contribution is -1.87. The highest BCUT2D eigenvalue weighted by molar-refractivity contribution is 5.28. The van der Waals surface area contributed by atoms with Crippen LogP contribution in [0.2, 0.25) is 0 Å². The second-order valence-electron chi connectivity index (χ2n) is 3.62. The van der Waals surface area contributed by atoms with Crippen molar-refractivity contribution in [3.05, 3.63) is 42.0 Å². The molecule has 1 heteroatoms. The topological polar surface area (TPSA) is 9.23 Å². The van der Waals surface area contributed by atoms with Crippen LogP contribution in [0.3, 0.4) is 0 Å². The molecule has 0 bridgehead atoms. The lowest BCUT2D eigenvalue weighted by atomic mass is 10.1. The molecule has 0 fully saturated rings. The van der Waals surface area contributed by atoms with Gasteiger partial charge in [0, 0.05) is 0 Å². The average molecular weight is 204 g/mol. The molecule has 1 rings (SSSR count). The van der Waals surface area contributed by atoms with Gasteiger partial charge in [-0.05, 0) is 43.4 Å². The maximum atomic E-state index is 5.19. The van der Waals surface area contributed by atoms with Crippen LogP contribution in [0.4, 0.5) is 0 Å². The third kappa shape index (κ3) is 4.68. The first-order chi connectivity index (χ1) is 7.36. The molecule has 0 saturated heterocycles. The predicted molar refractivity (Wildman–Crippen MR) is 65.4 cm³/mol. The Balaban J connectivity index is 2.33. The van der Waals surface area contributed by atoms with Crippen LogP contribution in [-0.2, 0) is 6.42 Å². The zero-order valence-electron chi connectivity index (χ0n) is 9.70. The molecule has 0 radical (unpaired) electrons. The molecular formula is C14H20O. The first-order valence-corrected chi connectivity index (χ1v) is 5.64. The van der Waals surface area contributed by atoms with E-state index < -0.39 is 0 Å². The van der Waals surface area contributed by atoms with E-state index >= 15 is 0 Å². The molecule has 1 aromatic rings. The van der Waals surface area contributed by atoms with Crippen molar-refractivity contribution < 1.29 is 4.74 Å². The Morgan fingerprint density at radius 3 is 2.87 bits per heavy atom. The molecule has 0 saturated carbocycles. The van der Waals surface area contributed by atoms with Crippen LogP contribution < -0.4 is 4.74 Å². The third-order valence-corrected chi connectivity index (χ3v) is 2.37. The van der Waals surface area contributed by atoms with E-state index in [0.717, 1.165) is 18.6 Å². The van der Waals surface area contributed by atoms with Crippen molar-refractivity contribution >= 4 is 0 Å². The highest BCUT2D eigenvalue weighted by atomic mass is 16.5. The Morgan fingerprint density at radius 1 is 1.27 bits per heavy atom. The summed E-state index contributed by atoms with van der Waals surface area (Å²) in [6, 6.07) is 8.31. The van der Waals surface area contributed by atoms with Gasteiger partial charge in [0.25, 0.3) is 0 Å². The van der Waals surface area contributed by atoms with E-state index in [2.05, 4.69) is 37.3 Å². The quantitative estimate of drug-likeness (QED) is 0.503. The second-order valence-corrected chi connectivity index (χ2v) is 3.62. The summed E-state index contributed by atoms with van der Waals surface area (Å²) >= 11 is 0. The minimum atomic E-state index is 0.955. The largest absolute Gasteiger partial charge is 0.497 e. The number of unbranched alkanes of at least 4 members (excludes halogenated alkanes) is 1. The molecule has 0 unspecified atom stereocenters. The fraction of sp³-hybridized carbons (Fsp3) is 0.429. The highest BCUT2D eigenvalue weighted by Crippen LogP contribution is 2.14. The van der Waals surface area contributed by atoms with Crippen LogP contribution >= 0.6 is 0 Å². The minimum absolute atomic E-state index is 0.955. The smallest absolute Gasteiger partial charge is 0.119 e. The highest BCUT2D eigenvalue weighted by Gasteiger charge is 1.94. The van der Waals surface area contributed by atoms with Gasteiger partial charge < -0.3 is 4.74 Å². The number of hydrogen-bond donors (Lipinski definition) is 0. The molecule has 0 heterocycles. The minimum Gasteiger partial charge on any atom is -0.497 e. The number of benzene rings is 1. The van der Waals surface area contributed by atoms with E-state index in [1.165, 1.54) is 18.4 Å². The van der Waals surface area contributed by atoms with Gasteiger partial charge in [0.2, 0.25) is 0 Å². The van der Waals surface area contributed by atoms with Gasteiger partial charge in [0.1, 0.15) is 5.75 Å². The number of hydrogen-bond acceptors (Lipinski definition) is 1. The zero-order chi connectivity index (χ0) is 10.9. The number of methoxy groups -OCH3 is 1. The zero-order valence-corrected chi connectivity index (χ0v) is 9.70. The monoisotopic (exact) mass is 204 g/mol. The van der Waals surface area contributed by atoms with Gasteiger partial charge in [0.05, 0.1) is 7.11 Å².